The molecule has 164 valence electrons. The van der Waals surface area contributed by atoms with Crippen LogP contribution in [0.5, 0.6) is 0 Å². The van der Waals surface area contributed by atoms with Crippen LogP contribution in [0.1, 0.15) is 27.2 Å². The first-order chi connectivity index (χ1) is 13.8. The lowest BCUT2D eigenvalue weighted by Gasteiger charge is -2.36. The van der Waals surface area contributed by atoms with Gasteiger partial charge >= 0.3 is 17.9 Å². The summed E-state index contributed by atoms with van der Waals surface area (Å²) < 4.78 is 25.9. The van der Waals surface area contributed by atoms with E-state index in [1.54, 1.807) is 13.8 Å². The van der Waals surface area contributed by atoms with Gasteiger partial charge in [-0.05, 0) is 26.3 Å². The number of carbonyl (C=O) groups excluding carboxylic acids is 3. The zero-order valence-electron chi connectivity index (χ0n) is 17.1. The van der Waals surface area contributed by atoms with Crippen LogP contribution in [0.4, 0.5) is 0 Å². The maximum absolute atomic E-state index is 13.0. The third-order valence-corrected chi connectivity index (χ3v) is 4.31. The van der Waals surface area contributed by atoms with Crippen LogP contribution in [-0.4, -0.2) is 68.4 Å². The van der Waals surface area contributed by atoms with Gasteiger partial charge in [-0.15, -0.1) is 6.58 Å². The molecule has 0 unspecified atom stereocenters. The van der Waals surface area contributed by atoms with Gasteiger partial charge in [0, 0.05) is 12.8 Å². The summed E-state index contributed by atoms with van der Waals surface area (Å²) in [6.07, 6.45) is 2.03. The van der Waals surface area contributed by atoms with Crippen LogP contribution in [-0.2, 0) is 38.1 Å². The van der Waals surface area contributed by atoms with E-state index in [9.17, 15) is 19.5 Å². The number of esters is 3. The van der Waals surface area contributed by atoms with E-state index in [0.29, 0.717) is 13.2 Å². The first-order valence-electron chi connectivity index (χ1n) is 9.51. The minimum atomic E-state index is -1.93. The molecule has 0 aliphatic carbocycles. The molecule has 1 heterocycles. The van der Waals surface area contributed by atoms with Gasteiger partial charge in [0.2, 0.25) is 0 Å². The molecule has 1 saturated heterocycles. The molecule has 0 spiro atoms. The topological polar surface area (TPSA) is 118 Å². The van der Waals surface area contributed by atoms with Gasteiger partial charge in [0.15, 0.2) is 11.7 Å². The SMILES string of the molecule is C=CCC(C(=O)OCC)(C(=O)OCC)[C@@H](/C=C\C1OCCO1)[C@H](O)COC(C)=O. The molecule has 2 atom stereocenters. The highest BCUT2D eigenvalue weighted by Gasteiger charge is 2.55. The molecular weight excluding hydrogens is 384 g/mol. The second-order valence-corrected chi connectivity index (χ2v) is 6.30. The fourth-order valence-electron chi connectivity index (χ4n) is 3.03. The fourth-order valence-corrected chi connectivity index (χ4v) is 3.03. The number of carbonyl (C=O) groups is 3. The molecule has 29 heavy (non-hydrogen) atoms. The number of hydrogen-bond acceptors (Lipinski definition) is 9. The van der Waals surface area contributed by atoms with Crippen molar-refractivity contribution in [2.75, 3.05) is 33.0 Å². The van der Waals surface area contributed by atoms with Crippen molar-refractivity contribution in [1.82, 2.24) is 0 Å². The summed E-state index contributed by atoms with van der Waals surface area (Å²) in [5.41, 5.74) is -1.93. The molecule has 1 N–H and O–H groups in total. The van der Waals surface area contributed by atoms with Crippen LogP contribution in [0.25, 0.3) is 0 Å². The minimum absolute atomic E-state index is 0.0163. The van der Waals surface area contributed by atoms with E-state index in [1.807, 2.05) is 0 Å². The van der Waals surface area contributed by atoms with Gasteiger partial charge in [-0.2, -0.15) is 0 Å². The summed E-state index contributed by atoms with van der Waals surface area (Å²) in [6.45, 7) is 8.39. The zero-order valence-corrected chi connectivity index (χ0v) is 17.1. The molecule has 1 rings (SSSR count). The quantitative estimate of drug-likeness (QED) is 0.217. The number of aliphatic hydroxyl groups is 1. The fraction of sp³-hybridized carbons (Fsp3) is 0.650. The maximum atomic E-state index is 13.0. The van der Waals surface area contributed by atoms with E-state index < -0.39 is 48.2 Å². The number of hydrogen-bond donors (Lipinski definition) is 1. The van der Waals surface area contributed by atoms with Gasteiger partial charge < -0.3 is 28.8 Å². The van der Waals surface area contributed by atoms with Crippen molar-refractivity contribution in [2.24, 2.45) is 11.3 Å². The van der Waals surface area contributed by atoms with Crippen LogP contribution >= 0.6 is 0 Å². The molecule has 0 saturated carbocycles. The van der Waals surface area contributed by atoms with Crippen LogP contribution in [0.15, 0.2) is 24.8 Å². The number of allylic oxidation sites excluding steroid dienone is 1. The number of rotatable bonds is 12. The third kappa shape index (κ3) is 6.66. The Morgan fingerprint density at radius 2 is 1.69 bits per heavy atom. The summed E-state index contributed by atoms with van der Waals surface area (Å²) in [5, 5.41) is 10.8. The molecule has 9 nitrogen and oxygen atoms in total. The average Bonchev–Trinajstić information content (AvgIpc) is 3.19. The molecule has 0 radical (unpaired) electrons. The molecule has 0 bridgehead atoms. The van der Waals surface area contributed by atoms with Crippen molar-refractivity contribution < 1.29 is 43.2 Å². The predicted octanol–water partition coefficient (Wildman–Crippen LogP) is 1.14. The van der Waals surface area contributed by atoms with Crippen molar-refractivity contribution in [3.05, 3.63) is 24.8 Å². The van der Waals surface area contributed by atoms with E-state index >= 15 is 0 Å². The van der Waals surface area contributed by atoms with Crippen LogP contribution < -0.4 is 0 Å². The van der Waals surface area contributed by atoms with Gasteiger partial charge in [0.1, 0.15) is 6.61 Å². The van der Waals surface area contributed by atoms with Crippen LogP contribution in [0, 0.1) is 11.3 Å². The zero-order chi connectivity index (χ0) is 21.9. The summed E-state index contributed by atoms with van der Waals surface area (Å²) in [7, 11) is 0. The second kappa shape index (κ2) is 12.4. The van der Waals surface area contributed by atoms with E-state index in [0.717, 1.165) is 0 Å². The van der Waals surface area contributed by atoms with Gasteiger partial charge in [-0.3, -0.25) is 14.4 Å². The van der Waals surface area contributed by atoms with Crippen molar-refractivity contribution in [3.63, 3.8) is 0 Å². The Morgan fingerprint density at radius 1 is 1.14 bits per heavy atom. The molecule has 1 fully saturated rings. The largest absolute Gasteiger partial charge is 0.465 e. The van der Waals surface area contributed by atoms with E-state index in [2.05, 4.69) is 6.58 Å². The predicted molar refractivity (Wildman–Crippen MR) is 101 cm³/mol. The molecule has 9 heteroatoms. The molecule has 1 aliphatic heterocycles. The van der Waals surface area contributed by atoms with Gasteiger partial charge in [0.25, 0.3) is 0 Å². The highest BCUT2D eigenvalue weighted by molar-refractivity contribution is 6.01. The summed E-state index contributed by atoms with van der Waals surface area (Å²) >= 11 is 0. The van der Waals surface area contributed by atoms with Crippen LogP contribution in [0.2, 0.25) is 0 Å². The standard InChI is InChI=1S/C20H30O9/c1-5-10-20(18(23)25-6-2,19(24)26-7-3)15(16(22)13-29-14(4)21)8-9-17-27-11-12-28-17/h5,8-9,15-17,22H,1,6-7,10-13H2,2-4H3/b9-8-/t15-,16+/m0/s1. The smallest absolute Gasteiger partial charge is 0.324 e. The first kappa shape index (κ1) is 24.8. The van der Waals surface area contributed by atoms with E-state index in [1.165, 1.54) is 25.2 Å². The molecule has 0 amide bonds. The number of ether oxygens (including phenoxy) is 5. The third-order valence-electron chi connectivity index (χ3n) is 4.31. The first-order valence-corrected chi connectivity index (χ1v) is 9.51. The number of aliphatic hydroxyl groups excluding tert-OH is 1. The normalized spacial score (nSPS) is 17.0. The molecule has 0 aromatic carbocycles. The summed E-state index contributed by atoms with van der Waals surface area (Å²) in [4.78, 5) is 37.1. The highest BCUT2D eigenvalue weighted by atomic mass is 16.7. The monoisotopic (exact) mass is 414 g/mol. The minimum Gasteiger partial charge on any atom is -0.465 e. The Labute approximate surface area is 170 Å². The van der Waals surface area contributed by atoms with Crippen LogP contribution in [0.3, 0.4) is 0 Å². The van der Waals surface area contributed by atoms with Crippen molar-refractivity contribution in [2.45, 2.75) is 39.6 Å². The molecule has 0 aromatic rings. The van der Waals surface area contributed by atoms with Crippen molar-refractivity contribution >= 4 is 17.9 Å². The van der Waals surface area contributed by atoms with E-state index in [4.69, 9.17) is 23.7 Å². The average molecular weight is 414 g/mol. The van der Waals surface area contributed by atoms with E-state index in [-0.39, 0.29) is 19.6 Å². The lowest BCUT2D eigenvalue weighted by atomic mass is 9.69. The van der Waals surface area contributed by atoms with Gasteiger partial charge in [0.05, 0.1) is 32.5 Å². The van der Waals surface area contributed by atoms with Gasteiger partial charge in [-0.1, -0.05) is 12.2 Å². The molecule has 1 aliphatic rings. The molecule has 0 aromatic heterocycles. The Bertz CT molecular complexity index is 575. The maximum Gasteiger partial charge on any atom is 0.324 e. The Hall–Kier alpha value is -2.23. The summed E-state index contributed by atoms with van der Waals surface area (Å²) in [6, 6.07) is 0. The van der Waals surface area contributed by atoms with Crippen molar-refractivity contribution in [3.8, 4) is 0 Å². The Morgan fingerprint density at radius 3 is 2.14 bits per heavy atom. The lowest BCUT2D eigenvalue weighted by molar-refractivity contribution is -0.179. The Kier molecular flexibility index (Phi) is 10.6. The summed E-state index contributed by atoms with van der Waals surface area (Å²) in [5.74, 6) is -3.52. The molecular formula is C20H30O9. The lowest BCUT2D eigenvalue weighted by Crippen LogP contribution is -2.52. The highest BCUT2D eigenvalue weighted by Crippen LogP contribution is 2.39. The second-order valence-electron chi connectivity index (χ2n) is 6.30. The van der Waals surface area contributed by atoms with Gasteiger partial charge in [-0.25, -0.2) is 0 Å². The Balaban J connectivity index is 3.42. The van der Waals surface area contributed by atoms with Crippen molar-refractivity contribution in [1.29, 1.82) is 0 Å².